The Morgan fingerprint density at radius 2 is 2.00 bits per heavy atom. The molecule has 130 valence electrons. The molecule has 1 saturated heterocycles. The van der Waals surface area contributed by atoms with Crippen molar-refractivity contribution >= 4 is 5.91 Å². The van der Waals surface area contributed by atoms with E-state index in [9.17, 15) is 4.79 Å². The average molecular weight is 335 g/mol. The van der Waals surface area contributed by atoms with Gasteiger partial charge >= 0.3 is 0 Å². The molecule has 0 N–H and O–H groups in total. The first-order chi connectivity index (χ1) is 12.2. The number of aryl methyl sites for hydroxylation is 3. The quantitative estimate of drug-likeness (QED) is 0.861. The highest BCUT2D eigenvalue weighted by atomic mass is 16.2. The summed E-state index contributed by atoms with van der Waals surface area (Å²) in [5.74, 6) is 0.210. The van der Waals surface area contributed by atoms with E-state index in [2.05, 4.69) is 28.2 Å². The van der Waals surface area contributed by atoms with Gasteiger partial charge in [-0.3, -0.25) is 14.8 Å². The van der Waals surface area contributed by atoms with Crippen LogP contribution in [0.25, 0.3) is 0 Å². The molecule has 2 aromatic rings. The summed E-state index contributed by atoms with van der Waals surface area (Å²) in [4.78, 5) is 23.8. The second-order valence-corrected chi connectivity index (χ2v) is 7.32. The van der Waals surface area contributed by atoms with Gasteiger partial charge in [-0.05, 0) is 62.1 Å². The number of aromatic nitrogens is 2. The summed E-state index contributed by atoms with van der Waals surface area (Å²) >= 11 is 0. The predicted octanol–water partition coefficient (Wildman–Crippen LogP) is 3.57. The van der Waals surface area contributed by atoms with Gasteiger partial charge in [0, 0.05) is 12.7 Å². The summed E-state index contributed by atoms with van der Waals surface area (Å²) < 4.78 is 0. The van der Waals surface area contributed by atoms with Crippen LogP contribution in [0.3, 0.4) is 0 Å². The summed E-state index contributed by atoms with van der Waals surface area (Å²) in [6.07, 6.45) is 11.0. The largest absolute Gasteiger partial charge is 0.334 e. The molecule has 1 atom stereocenters. The molecule has 1 aliphatic carbocycles. The van der Waals surface area contributed by atoms with Crippen molar-refractivity contribution in [3.05, 3.63) is 58.7 Å². The first-order valence-electron chi connectivity index (χ1n) is 9.39. The fourth-order valence-electron chi connectivity index (χ4n) is 4.19. The number of rotatable bonds is 3. The van der Waals surface area contributed by atoms with Crippen LogP contribution in [0, 0.1) is 6.92 Å². The number of fused-ring (bicyclic) bond motifs is 1. The third-order valence-electron chi connectivity index (χ3n) is 5.46. The van der Waals surface area contributed by atoms with Crippen LogP contribution in [-0.4, -0.2) is 27.3 Å². The van der Waals surface area contributed by atoms with Gasteiger partial charge in [0.25, 0.3) is 0 Å². The normalized spacial score (nSPS) is 19.7. The fraction of sp³-hybridized carbons (Fsp3) is 0.476. The Labute approximate surface area is 149 Å². The SMILES string of the molecule is Cc1cncc([C@@H]2CCCN2C(=O)Cc2ccc3c(c2)CCCC3)n1. The molecular formula is C21H25N3O. The maximum absolute atomic E-state index is 12.9. The van der Waals surface area contributed by atoms with E-state index in [1.54, 1.807) is 6.20 Å². The van der Waals surface area contributed by atoms with Crippen molar-refractivity contribution in [2.24, 2.45) is 0 Å². The molecule has 4 rings (SSSR count). The van der Waals surface area contributed by atoms with E-state index < -0.39 is 0 Å². The lowest BCUT2D eigenvalue weighted by Crippen LogP contribution is -2.32. The van der Waals surface area contributed by atoms with E-state index >= 15 is 0 Å². The molecule has 4 heteroatoms. The highest BCUT2D eigenvalue weighted by molar-refractivity contribution is 5.79. The Morgan fingerprint density at radius 3 is 2.84 bits per heavy atom. The Morgan fingerprint density at radius 1 is 1.16 bits per heavy atom. The zero-order valence-electron chi connectivity index (χ0n) is 14.9. The lowest BCUT2D eigenvalue weighted by molar-refractivity contribution is -0.131. The number of carbonyl (C=O) groups excluding carboxylic acids is 1. The van der Waals surface area contributed by atoms with Gasteiger partial charge in [-0.1, -0.05) is 18.2 Å². The Hall–Kier alpha value is -2.23. The monoisotopic (exact) mass is 335 g/mol. The Bertz CT molecular complexity index is 786. The predicted molar refractivity (Wildman–Crippen MR) is 97.2 cm³/mol. The summed E-state index contributed by atoms with van der Waals surface area (Å²) in [5, 5.41) is 0. The van der Waals surface area contributed by atoms with Crippen LogP contribution in [-0.2, 0) is 24.1 Å². The Balaban J connectivity index is 1.50. The van der Waals surface area contributed by atoms with Gasteiger partial charge in [-0.25, -0.2) is 0 Å². The van der Waals surface area contributed by atoms with Crippen molar-refractivity contribution in [3.8, 4) is 0 Å². The van der Waals surface area contributed by atoms with Crippen molar-refractivity contribution in [1.82, 2.24) is 14.9 Å². The molecule has 0 bridgehead atoms. The van der Waals surface area contributed by atoms with Crippen LogP contribution >= 0.6 is 0 Å². The number of hydrogen-bond donors (Lipinski definition) is 0. The Kier molecular flexibility index (Phi) is 4.51. The maximum atomic E-state index is 12.9. The molecule has 25 heavy (non-hydrogen) atoms. The second-order valence-electron chi connectivity index (χ2n) is 7.32. The molecule has 2 heterocycles. The molecule has 1 aliphatic heterocycles. The van der Waals surface area contributed by atoms with Gasteiger partial charge in [0.05, 0.1) is 30.0 Å². The van der Waals surface area contributed by atoms with Crippen molar-refractivity contribution in [2.45, 2.75) is 57.9 Å². The molecule has 1 aromatic heterocycles. The van der Waals surface area contributed by atoms with E-state index in [1.165, 1.54) is 30.4 Å². The first-order valence-corrected chi connectivity index (χ1v) is 9.39. The minimum absolute atomic E-state index is 0.0810. The topological polar surface area (TPSA) is 46.1 Å². The molecule has 0 spiro atoms. The molecule has 0 saturated carbocycles. The van der Waals surface area contributed by atoms with Crippen molar-refractivity contribution in [2.75, 3.05) is 6.54 Å². The standard InChI is InChI=1S/C21H25N3O/c1-15-13-22-14-19(23-15)20-7-4-10-24(20)21(25)12-16-8-9-17-5-2-3-6-18(17)11-16/h8-9,11,13-14,20H,2-7,10,12H2,1H3/t20-/m0/s1. The van der Waals surface area contributed by atoms with E-state index in [4.69, 9.17) is 0 Å². The number of nitrogens with zero attached hydrogens (tertiary/aromatic N) is 3. The zero-order valence-corrected chi connectivity index (χ0v) is 14.9. The van der Waals surface area contributed by atoms with Crippen molar-refractivity contribution < 1.29 is 4.79 Å². The van der Waals surface area contributed by atoms with Gasteiger partial charge in [-0.15, -0.1) is 0 Å². The number of benzene rings is 1. The van der Waals surface area contributed by atoms with Gasteiger partial charge < -0.3 is 4.90 Å². The minimum atomic E-state index is 0.0810. The smallest absolute Gasteiger partial charge is 0.227 e. The molecule has 2 aliphatic rings. The van der Waals surface area contributed by atoms with Crippen LogP contribution in [0.2, 0.25) is 0 Å². The third-order valence-corrected chi connectivity index (χ3v) is 5.46. The molecule has 4 nitrogen and oxygen atoms in total. The summed E-state index contributed by atoms with van der Waals surface area (Å²) in [5.41, 5.74) is 5.89. The number of hydrogen-bond acceptors (Lipinski definition) is 3. The van der Waals surface area contributed by atoms with Crippen LogP contribution in [0.1, 0.15) is 59.8 Å². The van der Waals surface area contributed by atoms with Gasteiger partial charge in [0.1, 0.15) is 0 Å². The summed E-state index contributed by atoms with van der Waals surface area (Å²) in [6.45, 7) is 2.77. The van der Waals surface area contributed by atoms with Crippen LogP contribution < -0.4 is 0 Å². The maximum Gasteiger partial charge on any atom is 0.227 e. The molecule has 0 unspecified atom stereocenters. The molecule has 1 amide bonds. The van der Waals surface area contributed by atoms with Gasteiger partial charge in [0.15, 0.2) is 0 Å². The fourth-order valence-corrected chi connectivity index (χ4v) is 4.19. The average Bonchev–Trinajstić information content (AvgIpc) is 3.11. The van der Waals surface area contributed by atoms with Crippen molar-refractivity contribution in [1.29, 1.82) is 0 Å². The zero-order chi connectivity index (χ0) is 17.2. The van der Waals surface area contributed by atoms with Gasteiger partial charge in [0.2, 0.25) is 5.91 Å². The summed E-state index contributed by atoms with van der Waals surface area (Å²) in [7, 11) is 0. The van der Waals surface area contributed by atoms with E-state index in [-0.39, 0.29) is 11.9 Å². The lowest BCUT2D eigenvalue weighted by atomic mass is 9.90. The highest BCUT2D eigenvalue weighted by Crippen LogP contribution is 2.31. The van der Waals surface area contributed by atoms with E-state index in [0.717, 1.165) is 42.8 Å². The molecule has 1 fully saturated rings. The first kappa shape index (κ1) is 16.2. The summed E-state index contributed by atoms with van der Waals surface area (Å²) in [6, 6.07) is 6.70. The number of likely N-dealkylation sites (tertiary alicyclic amines) is 1. The van der Waals surface area contributed by atoms with Crippen LogP contribution in [0.5, 0.6) is 0 Å². The lowest BCUT2D eigenvalue weighted by Gasteiger charge is -2.25. The van der Waals surface area contributed by atoms with Crippen LogP contribution in [0.15, 0.2) is 30.6 Å². The van der Waals surface area contributed by atoms with Crippen LogP contribution in [0.4, 0.5) is 0 Å². The number of carbonyl (C=O) groups is 1. The van der Waals surface area contributed by atoms with Crippen molar-refractivity contribution in [3.63, 3.8) is 0 Å². The third kappa shape index (κ3) is 3.44. The van der Waals surface area contributed by atoms with Gasteiger partial charge in [-0.2, -0.15) is 0 Å². The molecular weight excluding hydrogens is 310 g/mol. The molecule has 1 aromatic carbocycles. The van der Waals surface area contributed by atoms with E-state index in [0.29, 0.717) is 6.42 Å². The highest BCUT2D eigenvalue weighted by Gasteiger charge is 2.31. The second kappa shape index (κ2) is 6.95. The number of amides is 1. The minimum Gasteiger partial charge on any atom is -0.334 e. The van der Waals surface area contributed by atoms with E-state index in [1.807, 2.05) is 18.0 Å². The molecule has 0 radical (unpaired) electrons.